The zero-order valence-corrected chi connectivity index (χ0v) is 10.5. The molecule has 15 heavy (non-hydrogen) atoms. The van der Waals surface area contributed by atoms with Crippen molar-refractivity contribution in [1.29, 1.82) is 0 Å². The molecule has 1 fully saturated rings. The molecular formula is C11H22N2OS. The summed E-state index contributed by atoms with van der Waals surface area (Å²) in [4.78, 5) is 11.7. The first-order chi connectivity index (χ1) is 7.06. The molecule has 0 aliphatic heterocycles. The molecule has 3 nitrogen and oxygen atoms in total. The molecule has 0 aromatic rings. The molecule has 1 aliphatic carbocycles. The lowest BCUT2D eigenvalue weighted by Gasteiger charge is -2.23. The number of nitrogens with two attached hydrogens (primary N) is 1. The third kappa shape index (κ3) is 4.43. The van der Waals surface area contributed by atoms with Crippen molar-refractivity contribution in [2.24, 2.45) is 5.73 Å². The fourth-order valence-corrected chi connectivity index (χ4v) is 2.78. The summed E-state index contributed by atoms with van der Waals surface area (Å²) < 4.78 is 0. The zero-order valence-electron chi connectivity index (χ0n) is 9.71. The molecule has 1 amide bonds. The van der Waals surface area contributed by atoms with Crippen LogP contribution in [0, 0.1) is 0 Å². The van der Waals surface area contributed by atoms with E-state index in [9.17, 15) is 4.79 Å². The highest BCUT2D eigenvalue weighted by atomic mass is 32.2. The van der Waals surface area contributed by atoms with Gasteiger partial charge >= 0.3 is 0 Å². The smallest absolute Gasteiger partial charge is 0.222 e. The van der Waals surface area contributed by atoms with E-state index in [1.54, 1.807) is 11.8 Å². The van der Waals surface area contributed by atoms with Crippen molar-refractivity contribution in [2.45, 2.75) is 50.6 Å². The van der Waals surface area contributed by atoms with E-state index in [4.69, 9.17) is 5.73 Å². The summed E-state index contributed by atoms with van der Waals surface area (Å²) in [5.74, 6) is 1.07. The minimum atomic E-state index is -0.219. The summed E-state index contributed by atoms with van der Waals surface area (Å²) in [6, 6.07) is 0.248. The van der Waals surface area contributed by atoms with E-state index >= 15 is 0 Å². The van der Waals surface area contributed by atoms with Crippen LogP contribution in [0.15, 0.2) is 0 Å². The van der Waals surface area contributed by atoms with Crippen LogP contribution in [0.2, 0.25) is 0 Å². The number of rotatable bonds is 5. The Hall–Kier alpha value is -0.220. The molecule has 0 saturated heterocycles. The van der Waals surface area contributed by atoms with Gasteiger partial charge in [0.15, 0.2) is 0 Å². The Morgan fingerprint density at radius 1 is 1.53 bits per heavy atom. The molecule has 1 unspecified atom stereocenters. The summed E-state index contributed by atoms with van der Waals surface area (Å²) in [7, 11) is 0. The van der Waals surface area contributed by atoms with E-state index in [1.165, 1.54) is 12.8 Å². The van der Waals surface area contributed by atoms with Crippen LogP contribution in [0.4, 0.5) is 0 Å². The van der Waals surface area contributed by atoms with Crippen LogP contribution in [0.1, 0.15) is 39.0 Å². The first-order valence-electron chi connectivity index (χ1n) is 5.63. The number of thioether (sulfide) groups is 1. The van der Waals surface area contributed by atoms with Crippen molar-refractivity contribution in [2.75, 3.05) is 12.0 Å². The standard InChI is InChI=1S/C11H22N2OS/c1-9(8-15-2)13-10(14)7-11(12)5-3-4-6-11/h9H,3-8,12H2,1-2H3,(H,13,14). The largest absolute Gasteiger partial charge is 0.353 e. The van der Waals surface area contributed by atoms with Gasteiger partial charge in [-0.25, -0.2) is 0 Å². The van der Waals surface area contributed by atoms with Gasteiger partial charge in [0.1, 0.15) is 0 Å². The Labute approximate surface area is 96.6 Å². The summed E-state index contributed by atoms with van der Waals surface area (Å²) >= 11 is 1.75. The van der Waals surface area contributed by atoms with Gasteiger partial charge in [-0.15, -0.1) is 0 Å². The van der Waals surface area contributed by atoms with Gasteiger partial charge in [0.05, 0.1) is 0 Å². The average molecular weight is 230 g/mol. The topological polar surface area (TPSA) is 55.1 Å². The highest BCUT2D eigenvalue weighted by Gasteiger charge is 2.31. The average Bonchev–Trinajstić information content (AvgIpc) is 2.51. The fourth-order valence-electron chi connectivity index (χ4n) is 2.19. The van der Waals surface area contributed by atoms with Gasteiger partial charge < -0.3 is 11.1 Å². The zero-order chi connectivity index (χ0) is 11.3. The van der Waals surface area contributed by atoms with Gasteiger partial charge in [-0.3, -0.25) is 4.79 Å². The van der Waals surface area contributed by atoms with Crippen LogP contribution in [0.3, 0.4) is 0 Å². The Balaban J connectivity index is 2.28. The fraction of sp³-hybridized carbons (Fsp3) is 0.909. The number of hydrogen-bond acceptors (Lipinski definition) is 3. The van der Waals surface area contributed by atoms with Crippen molar-refractivity contribution in [3.05, 3.63) is 0 Å². The number of carbonyl (C=O) groups is 1. The Morgan fingerprint density at radius 3 is 2.67 bits per heavy atom. The number of carbonyl (C=O) groups excluding carboxylic acids is 1. The minimum absolute atomic E-state index is 0.112. The lowest BCUT2D eigenvalue weighted by atomic mass is 9.94. The van der Waals surface area contributed by atoms with E-state index in [0.29, 0.717) is 6.42 Å². The van der Waals surface area contributed by atoms with Crippen molar-refractivity contribution in [3.63, 3.8) is 0 Å². The van der Waals surface area contributed by atoms with Crippen molar-refractivity contribution in [1.82, 2.24) is 5.32 Å². The van der Waals surface area contributed by atoms with Gasteiger partial charge in [-0.1, -0.05) is 12.8 Å². The third-order valence-corrected chi connectivity index (χ3v) is 3.77. The first kappa shape index (κ1) is 12.8. The maximum Gasteiger partial charge on any atom is 0.222 e. The molecule has 0 spiro atoms. The van der Waals surface area contributed by atoms with Gasteiger partial charge in [-0.2, -0.15) is 11.8 Å². The Kier molecular flexibility index (Phi) is 4.93. The lowest BCUT2D eigenvalue weighted by Crippen LogP contribution is -2.44. The van der Waals surface area contributed by atoms with Crippen LogP contribution in [-0.4, -0.2) is 29.5 Å². The first-order valence-corrected chi connectivity index (χ1v) is 7.02. The normalized spacial score (nSPS) is 21.3. The molecule has 0 radical (unpaired) electrons. The highest BCUT2D eigenvalue weighted by molar-refractivity contribution is 7.98. The highest BCUT2D eigenvalue weighted by Crippen LogP contribution is 2.29. The van der Waals surface area contributed by atoms with Gasteiger partial charge in [-0.05, 0) is 26.0 Å². The number of hydrogen-bond donors (Lipinski definition) is 2. The second kappa shape index (κ2) is 5.75. The molecule has 0 bridgehead atoms. The molecule has 4 heteroatoms. The summed E-state index contributed by atoms with van der Waals surface area (Å²) in [6.45, 7) is 2.03. The molecular weight excluding hydrogens is 208 g/mol. The van der Waals surface area contributed by atoms with Crippen LogP contribution >= 0.6 is 11.8 Å². The predicted octanol–water partition coefficient (Wildman–Crippen LogP) is 1.52. The monoisotopic (exact) mass is 230 g/mol. The minimum Gasteiger partial charge on any atom is -0.353 e. The molecule has 0 heterocycles. The van der Waals surface area contributed by atoms with Crippen LogP contribution < -0.4 is 11.1 Å². The molecule has 1 rings (SSSR count). The Bertz CT molecular complexity index is 215. The van der Waals surface area contributed by atoms with Crippen LogP contribution in [0.25, 0.3) is 0 Å². The van der Waals surface area contributed by atoms with Crippen molar-refractivity contribution in [3.8, 4) is 0 Å². The SMILES string of the molecule is CSCC(C)NC(=O)CC1(N)CCCC1. The number of nitrogens with one attached hydrogen (secondary N) is 1. The van der Waals surface area contributed by atoms with Crippen molar-refractivity contribution < 1.29 is 4.79 Å². The second-order valence-corrected chi connectivity index (χ2v) is 5.58. The molecule has 1 aliphatic rings. The van der Waals surface area contributed by atoms with E-state index in [2.05, 4.69) is 5.32 Å². The predicted molar refractivity (Wildman–Crippen MR) is 66.0 cm³/mol. The summed E-state index contributed by atoms with van der Waals surface area (Å²) in [5.41, 5.74) is 5.92. The molecule has 88 valence electrons. The van der Waals surface area contributed by atoms with Gasteiger partial charge in [0.2, 0.25) is 5.91 Å². The van der Waals surface area contributed by atoms with E-state index in [0.717, 1.165) is 18.6 Å². The van der Waals surface area contributed by atoms with Crippen LogP contribution in [-0.2, 0) is 4.79 Å². The molecule has 1 atom stereocenters. The van der Waals surface area contributed by atoms with E-state index in [-0.39, 0.29) is 17.5 Å². The second-order valence-electron chi connectivity index (χ2n) is 4.67. The van der Waals surface area contributed by atoms with Crippen LogP contribution in [0.5, 0.6) is 0 Å². The van der Waals surface area contributed by atoms with Crippen molar-refractivity contribution >= 4 is 17.7 Å². The number of amides is 1. The lowest BCUT2D eigenvalue weighted by molar-refractivity contribution is -0.122. The van der Waals surface area contributed by atoms with Gasteiger partial charge in [0, 0.05) is 23.8 Å². The maximum absolute atomic E-state index is 11.7. The van der Waals surface area contributed by atoms with E-state index in [1.807, 2.05) is 13.2 Å². The molecule has 3 N–H and O–H groups in total. The Morgan fingerprint density at radius 2 is 2.13 bits per heavy atom. The maximum atomic E-state index is 11.7. The van der Waals surface area contributed by atoms with Gasteiger partial charge in [0.25, 0.3) is 0 Å². The molecule has 1 saturated carbocycles. The molecule has 0 aromatic carbocycles. The quantitative estimate of drug-likeness (QED) is 0.753. The summed E-state index contributed by atoms with van der Waals surface area (Å²) in [5, 5.41) is 2.99. The van der Waals surface area contributed by atoms with E-state index < -0.39 is 0 Å². The summed E-state index contributed by atoms with van der Waals surface area (Å²) in [6.07, 6.45) is 6.87. The third-order valence-electron chi connectivity index (χ3n) is 2.94. The molecule has 0 aromatic heterocycles.